The molecule has 0 fully saturated rings. The van der Waals surface area contributed by atoms with Crippen LogP contribution in [0.4, 0.5) is 5.69 Å². The van der Waals surface area contributed by atoms with Crippen LogP contribution >= 0.6 is 0 Å². The average Bonchev–Trinajstić information content (AvgIpc) is 2.26. The number of anilines is 1. The van der Waals surface area contributed by atoms with Gasteiger partial charge < -0.3 is 4.90 Å². The number of carbonyl (C=O) groups excluding carboxylic acids is 1. The largest absolute Gasteiger partial charge is 0.378 e. The first kappa shape index (κ1) is 12.5. The van der Waals surface area contributed by atoms with E-state index in [0.29, 0.717) is 0 Å². The zero-order valence-corrected chi connectivity index (χ0v) is 10.4. The Kier molecular flexibility index (Phi) is 4.29. The molecule has 0 N–H and O–H groups in total. The fraction of sp³-hybridized carbons (Fsp3) is 0.357. The van der Waals surface area contributed by atoms with Crippen molar-refractivity contribution in [2.75, 3.05) is 19.0 Å². The summed E-state index contributed by atoms with van der Waals surface area (Å²) in [6, 6.07) is 8.11. The highest BCUT2D eigenvalue weighted by Crippen LogP contribution is 2.13. The van der Waals surface area contributed by atoms with Crippen molar-refractivity contribution >= 4 is 17.5 Å². The summed E-state index contributed by atoms with van der Waals surface area (Å²) in [6.07, 6.45) is 3.51. The highest BCUT2D eigenvalue weighted by Gasteiger charge is 2.01. The molecule has 0 amide bonds. The standard InChI is InChI=1S/C14H19NO/c1-11(2)14(16)10-7-12-5-8-13(9-6-12)15(3)4/h5-11H,1-4H3/b10-7+. The van der Waals surface area contributed by atoms with Gasteiger partial charge in [0.25, 0.3) is 0 Å². The van der Waals surface area contributed by atoms with Crippen LogP contribution in [0.2, 0.25) is 0 Å². The Bertz CT molecular complexity index is 374. The molecule has 0 aliphatic heterocycles. The summed E-state index contributed by atoms with van der Waals surface area (Å²) in [5.74, 6) is 0.231. The van der Waals surface area contributed by atoms with Crippen LogP contribution in [0.3, 0.4) is 0 Å². The minimum Gasteiger partial charge on any atom is -0.378 e. The van der Waals surface area contributed by atoms with Gasteiger partial charge in [0, 0.05) is 25.7 Å². The molecular formula is C14H19NO. The van der Waals surface area contributed by atoms with Gasteiger partial charge in [0.05, 0.1) is 0 Å². The molecule has 0 saturated carbocycles. The van der Waals surface area contributed by atoms with E-state index < -0.39 is 0 Å². The van der Waals surface area contributed by atoms with E-state index in [4.69, 9.17) is 0 Å². The van der Waals surface area contributed by atoms with Gasteiger partial charge in [0.2, 0.25) is 0 Å². The molecule has 1 aromatic carbocycles. The van der Waals surface area contributed by atoms with Gasteiger partial charge in [0.15, 0.2) is 5.78 Å². The van der Waals surface area contributed by atoms with Gasteiger partial charge in [-0.05, 0) is 23.8 Å². The third kappa shape index (κ3) is 3.54. The number of hydrogen-bond donors (Lipinski definition) is 0. The fourth-order valence-electron chi connectivity index (χ4n) is 1.25. The third-order valence-corrected chi connectivity index (χ3v) is 2.42. The molecule has 0 atom stereocenters. The molecule has 16 heavy (non-hydrogen) atoms. The molecule has 1 rings (SSSR count). The van der Waals surface area contributed by atoms with Gasteiger partial charge in [-0.1, -0.05) is 32.1 Å². The zero-order valence-electron chi connectivity index (χ0n) is 10.4. The minimum absolute atomic E-state index is 0.0669. The minimum atomic E-state index is 0.0669. The maximum Gasteiger partial charge on any atom is 0.158 e. The fourth-order valence-corrected chi connectivity index (χ4v) is 1.25. The van der Waals surface area contributed by atoms with Crippen LogP contribution in [-0.4, -0.2) is 19.9 Å². The molecule has 0 saturated heterocycles. The van der Waals surface area contributed by atoms with Crippen LogP contribution in [-0.2, 0) is 4.79 Å². The molecular weight excluding hydrogens is 198 g/mol. The van der Waals surface area contributed by atoms with E-state index >= 15 is 0 Å². The van der Waals surface area contributed by atoms with Crippen molar-refractivity contribution in [2.24, 2.45) is 5.92 Å². The normalized spacial score (nSPS) is 11.1. The second kappa shape index (κ2) is 5.50. The lowest BCUT2D eigenvalue weighted by Gasteiger charge is -2.11. The number of rotatable bonds is 4. The van der Waals surface area contributed by atoms with Crippen LogP contribution < -0.4 is 4.90 Å². The first-order valence-corrected chi connectivity index (χ1v) is 5.50. The Hall–Kier alpha value is -1.57. The predicted molar refractivity (Wildman–Crippen MR) is 69.6 cm³/mol. The van der Waals surface area contributed by atoms with E-state index in [0.717, 1.165) is 11.3 Å². The van der Waals surface area contributed by atoms with E-state index in [-0.39, 0.29) is 11.7 Å². The van der Waals surface area contributed by atoms with Crippen LogP contribution in [0.5, 0.6) is 0 Å². The highest BCUT2D eigenvalue weighted by atomic mass is 16.1. The summed E-state index contributed by atoms with van der Waals surface area (Å²) in [4.78, 5) is 13.4. The second-order valence-electron chi connectivity index (χ2n) is 4.38. The Labute approximate surface area is 97.6 Å². The van der Waals surface area contributed by atoms with Crippen molar-refractivity contribution in [2.45, 2.75) is 13.8 Å². The first-order valence-electron chi connectivity index (χ1n) is 5.50. The second-order valence-corrected chi connectivity index (χ2v) is 4.38. The van der Waals surface area contributed by atoms with Crippen molar-refractivity contribution in [3.63, 3.8) is 0 Å². The maximum atomic E-state index is 11.4. The van der Waals surface area contributed by atoms with Gasteiger partial charge in [0.1, 0.15) is 0 Å². The number of carbonyl (C=O) groups is 1. The quantitative estimate of drug-likeness (QED) is 0.723. The Morgan fingerprint density at radius 1 is 1.19 bits per heavy atom. The number of allylic oxidation sites excluding steroid dienone is 1. The summed E-state index contributed by atoms with van der Waals surface area (Å²) in [5, 5.41) is 0. The zero-order chi connectivity index (χ0) is 12.1. The van der Waals surface area contributed by atoms with E-state index in [2.05, 4.69) is 0 Å². The molecule has 1 aromatic rings. The van der Waals surface area contributed by atoms with Crippen molar-refractivity contribution < 1.29 is 4.79 Å². The average molecular weight is 217 g/mol. The van der Waals surface area contributed by atoms with Crippen molar-refractivity contribution in [3.05, 3.63) is 35.9 Å². The molecule has 2 heteroatoms. The van der Waals surface area contributed by atoms with E-state index in [9.17, 15) is 4.79 Å². The van der Waals surface area contributed by atoms with Gasteiger partial charge in [-0.3, -0.25) is 4.79 Å². The molecule has 0 spiro atoms. The third-order valence-electron chi connectivity index (χ3n) is 2.42. The molecule has 0 aliphatic rings. The Balaban J connectivity index is 2.72. The van der Waals surface area contributed by atoms with Crippen LogP contribution in [0.15, 0.2) is 30.3 Å². The molecule has 0 aromatic heterocycles. The number of hydrogen-bond acceptors (Lipinski definition) is 2. The van der Waals surface area contributed by atoms with Crippen molar-refractivity contribution in [1.29, 1.82) is 0 Å². The molecule has 0 aliphatic carbocycles. The Morgan fingerprint density at radius 2 is 1.75 bits per heavy atom. The summed E-state index contributed by atoms with van der Waals surface area (Å²) >= 11 is 0. The summed E-state index contributed by atoms with van der Waals surface area (Å²) in [7, 11) is 4.01. The van der Waals surface area contributed by atoms with Gasteiger partial charge in [-0.15, -0.1) is 0 Å². The topological polar surface area (TPSA) is 20.3 Å². The van der Waals surface area contributed by atoms with Crippen LogP contribution in [0.25, 0.3) is 6.08 Å². The van der Waals surface area contributed by atoms with E-state index in [1.807, 2.05) is 63.2 Å². The smallest absolute Gasteiger partial charge is 0.158 e. The molecule has 0 radical (unpaired) electrons. The summed E-state index contributed by atoms with van der Waals surface area (Å²) < 4.78 is 0. The molecule has 86 valence electrons. The number of benzene rings is 1. The summed E-state index contributed by atoms with van der Waals surface area (Å²) in [6.45, 7) is 3.81. The molecule has 0 bridgehead atoms. The van der Waals surface area contributed by atoms with Crippen molar-refractivity contribution in [3.8, 4) is 0 Å². The molecule has 0 heterocycles. The van der Waals surface area contributed by atoms with Crippen LogP contribution in [0, 0.1) is 5.92 Å². The monoisotopic (exact) mass is 217 g/mol. The maximum absolute atomic E-state index is 11.4. The SMILES string of the molecule is CC(C)C(=O)/C=C/c1ccc(N(C)C)cc1. The summed E-state index contributed by atoms with van der Waals surface area (Å²) in [5.41, 5.74) is 2.21. The predicted octanol–water partition coefficient (Wildman–Crippen LogP) is 2.99. The number of ketones is 1. The van der Waals surface area contributed by atoms with Gasteiger partial charge in [-0.25, -0.2) is 0 Å². The Morgan fingerprint density at radius 3 is 2.19 bits per heavy atom. The first-order chi connectivity index (χ1) is 7.50. The molecule has 0 unspecified atom stereocenters. The lowest BCUT2D eigenvalue weighted by molar-refractivity contribution is -0.117. The lowest BCUT2D eigenvalue weighted by Crippen LogP contribution is -2.07. The number of nitrogens with zero attached hydrogens (tertiary/aromatic N) is 1. The van der Waals surface area contributed by atoms with Crippen molar-refractivity contribution in [1.82, 2.24) is 0 Å². The van der Waals surface area contributed by atoms with Gasteiger partial charge >= 0.3 is 0 Å². The van der Waals surface area contributed by atoms with Gasteiger partial charge in [-0.2, -0.15) is 0 Å². The van der Waals surface area contributed by atoms with E-state index in [1.54, 1.807) is 6.08 Å². The molecule has 2 nitrogen and oxygen atoms in total. The lowest BCUT2D eigenvalue weighted by atomic mass is 10.1. The highest BCUT2D eigenvalue weighted by molar-refractivity contribution is 5.94. The van der Waals surface area contributed by atoms with Crippen LogP contribution in [0.1, 0.15) is 19.4 Å². The van der Waals surface area contributed by atoms with E-state index in [1.165, 1.54) is 0 Å².